The summed E-state index contributed by atoms with van der Waals surface area (Å²) in [6.07, 6.45) is 0. The molecule has 0 bridgehead atoms. The third-order valence-corrected chi connectivity index (χ3v) is 4.79. The molecular weight excluding hydrogens is 336 g/mol. The van der Waals surface area contributed by atoms with Crippen molar-refractivity contribution in [2.45, 2.75) is 12.5 Å². The van der Waals surface area contributed by atoms with E-state index in [1.165, 1.54) is 0 Å². The van der Waals surface area contributed by atoms with Crippen LogP contribution in [0, 0.1) is 0 Å². The third kappa shape index (κ3) is 2.37. The van der Waals surface area contributed by atoms with Crippen LogP contribution in [0.5, 0.6) is 5.75 Å². The number of ether oxygens (including phenoxy) is 1. The van der Waals surface area contributed by atoms with Gasteiger partial charge in [-0.05, 0) is 49.0 Å². The van der Waals surface area contributed by atoms with Gasteiger partial charge in [-0.3, -0.25) is 0 Å². The summed E-state index contributed by atoms with van der Waals surface area (Å²) in [4.78, 5) is 12.8. The van der Waals surface area contributed by atoms with Crippen molar-refractivity contribution < 1.29 is 9.15 Å². The van der Waals surface area contributed by atoms with Gasteiger partial charge in [-0.2, -0.15) is 0 Å². The summed E-state index contributed by atoms with van der Waals surface area (Å²) in [6.45, 7) is 1.92. The molecule has 3 aromatic rings. The molecule has 1 aliphatic heterocycles. The summed E-state index contributed by atoms with van der Waals surface area (Å²) in [6, 6.07) is 15.0. The fraction of sp³-hybridized carbons (Fsp3) is 0.158. The second-order valence-electron chi connectivity index (χ2n) is 6.07. The molecule has 0 saturated heterocycles. The second kappa shape index (κ2) is 5.60. The summed E-state index contributed by atoms with van der Waals surface area (Å²) >= 11 is 5.41. The minimum Gasteiger partial charge on any atom is -0.497 e. The van der Waals surface area contributed by atoms with Gasteiger partial charge in [-0.25, -0.2) is 4.79 Å². The van der Waals surface area contributed by atoms with Crippen molar-refractivity contribution in [3.63, 3.8) is 0 Å². The van der Waals surface area contributed by atoms with Crippen LogP contribution >= 0.6 is 12.2 Å². The lowest BCUT2D eigenvalue weighted by Gasteiger charge is -2.38. The first-order valence-corrected chi connectivity index (χ1v) is 8.24. The standard InChI is InChI=1S/C19H16N2O3S/c1-19(11-7-9-12(23-2)10-8-11)15-16(20-18(25)21-19)13-5-3-4-6-14(13)24-17(15)22/h3-10H,1-2H3,(H2,20,21,25). The molecule has 0 fully saturated rings. The van der Waals surface area contributed by atoms with Crippen LogP contribution in [-0.2, 0) is 5.54 Å². The van der Waals surface area contributed by atoms with Crippen molar-refractivity contribution in [2.75, 3.05) is 12.4 Å². The molecule has 5 nitrogen and oxygen atoms in total. The van der Waals surface area contributed by atoms with Crippen molar-refractivity contribution in [3.8, 4) is 5.75 Å². The molecule has 2 N–H and O–H groups in total. The number of anilines is 1. The van der Waals surface area contributed by atoms with Gasteiger partial charge in [0.05, 0.1) is 23.9 Å². The number of para-hydroxylation sites is 1. The molecule has 4 rings (SSSR count). The molecule has 126 valence electrons. The summed E-state index contributed by atoms with van der Waals surface area (Å²) in [5, 5.41) is 7.63. The molecule has 25 heavy (non-hydrogen) atoms. The molecule has 1 aromatic heterocycles. The summed E-state index contributed by atoms with van der Waals surface area (Å²) in [5.41, 5.74) is 1.41. The predicted molar refractivity (Wildman–Crippen MR) is 101 cm³/mol. The quantitative estimate of drug-likeness (QED) is 0.545. The van der Waals surface area contributed by atoms with Crippen LogP contribution in [0.25, 0.3) is 11.0 Å². The van der Waals surface area contributed by atoms with Crippen LogP contribution in [-0.4, -0.2) is 12.2 Å². The molecule has 6 heteroatoms. The number of rotatable bonds is 2. The van der Waals surface area contributed by atoms with Gasteiger partial charge in [0.1, 0.15) is 11.3 Å². The topological polar surface area (TPSA) is 63.5 Å². The fourth-order valence-corrected chi connectivity index (χ4v) is 3.62. The average Bonchev–Trinajstić information content (AvgIpc) is 2.61. The number of methoxy groups -OCH3 is 1. The molecular formula is C19H16N2O3S. The maximum absolute atomic E-state index is 12.8. The molecule has 2 aromatic carbocycles. The van der Waals surface area contributed by atoms with Crippen molar-refractivity contribution in [1.82, 2.24) is 5.32 Å². The van der Waals surface area contributed by atoms with Gasteiger partial charge >= 0.3 is 5.63 Å². The molecule has 0 radical (unpaired) electrons. The third-order valence-electron chi connectivity index (χ3n) is 4.58. The number of thiocarbonyl (C=S) groups is 1. The van der Waals surface area contributed by atoms with Crippen LogP contribution in [0.15, 0.2) is 57.7 Å². The summed E-state index contributed by atoms with van der Waals surface area (Å²) < 4.78 is 10.8. The molecule has 0 saturated carbocycles. The van der Waals surface area contributed by atoms with E-state index in [0.29, 0.717) is 21.9 Å². The SMILES string of the molecule is COc1ccc(C2(C)NC(=S)Nc3c2c(=O)oc2ccccc32)cc1. The van der Waals surface area contributed by atoms with Crippen molar-refractivity contribution in [1.29, 1.82) is 0 Å². The Balaban J connectivity index is 2.02. The molecule has 0 amide bonds. The largest absolute Gasteiger partial charge is 0.497 e. The second-order valence-corrected chi connectivity index (χ2v) is 6.48. The van der Waals surface area contributed by atoms with E-state index in [-0.39, 0.29) is 0 Å². The fourth-order valence-electron chi connectivity index (χ4n) is 3.31. The van der Waals surface area contributed by atoms with Crippen LogP contribution < -0.4 is 21.0 Å². The Kier molecular flexibility index (Phi) is 3.51. The van der Waals surface area contributed by atoms with E-state index < -0.39 is 11.2 Å². The van der Waals surface area contributed by atoms with Crippen LogP contribution in [0.1, 0.15) is 18.1 Å². The molecule has 1 atom stereocenters. The zero-order chi connectivity index (χ0) is 17.6. The maximum atomic E-state index is 12.8. The first-order valence-electron chi connectivity index (χ1n) is 7.83. The lowest BCUT2D eigenvalue weighted by molar-refractivity contribution is 0.413. The van der Waals surface area contributed by atoms with E-state index in [2.05, 4.69) is 10.6 Å². The van der Waals surface area contributed by atoms with E-state index in [9.17, 15) is 4.79 Å². The predicted octanol–water partition coefficient (Wildman–Crippen LogP) is 3.37. The van der Waals surface area contributed by atoms with Gasteiger partial charge in [-0.15, -0.1) is 0 Å². The Morgan fingerprint density at radius 2 is 1.84 bits per heavy atom. The molecule has 2 heterocycles. The van der Waals surface area contributed by atoms with Gasteiger partial charge in [0.2, 0.25) is 0 Å². The van der Waals surface area contributed by atoms with E-state index >= 15 is 0 Å². The zero-order valence-electron chi connectivity index (χ0n) is 13.8. The van der Waals surface area contributed by atoms with Crippen molar-refractivity contribution in [3.05, 3.63) is 70.1 Å². The number of benzene rings is 2. The minimum atomic E-state index is -0.811. The molecule has 0 spiro atoms. The number of hydrogen-bond donors (Lipinski definition) is 2. The lowest BCUT2D eigenvalue weighted by Crippen LogP contribution is -2.52. The van der Waals surface area contributed by atoms with Crippen LogP contribution in [0.3, 0.4) is 0 Å². The molecule has 1 aliphatic rings. The van der Waals surface area contributed by atoms with Crippen LogP contribution in [0.2, 0.25) is 0 Å². The van der Waals surface area contributed by atoms with Crippen LogP contribution in [0.4, 0.5) is 5.69 Å². The normalized spacial score (nSPS) is 19.0. The smallest absolute Gasteiger partial charge is 0.344 e. The Hall–Kier alpha value is -2.86. The molecule has 0 aliphatic carbocycles. The Morgan fingerprint density at radius 3 is 2.56 bits per heavy atom. The van der Waals surface area contributed by atoms with E-state index in [1.54, 1.807) is 13.2 Å². The number of hydrogen-bond acceptors (Lipinski definition) is 4. The first kappa shape index (κ1) is 15.7. The van der Waals surface area contributed by atoms with E-state index in [4.69, 9.17) is 21.4 Å². The summed E-state index contributed by atoms with van der Waals surface area (Å²) in [5.74, 6) is 0.745. The summed E-state index contributed by atoms with van der Waals surface area (Å²) in [7, 11) is 1.62. The number of nitrogens with one attached hydrogen (secondary N) is 2. The highest BCUT2D eigenvalue weighted by Crippen LogP contribution is 2.39. The number of fused-ring (bicyclic) bond motifs is 3. The zero-order valence-corrected chi connectivity index (χ0v) is 14.6. The highest BCUT2D eigenvalue weighted by Gasteiger charge is 2.40. The van der Waals surface area contributed by atoms with Crippen molar-refractivity contribution >= 4 is 34.0 Å². The van der Waals surface area contributed by atoms with E-state index in [1.807, 2.05) is 49.4 Å². The lowest BCUT2D eigenvalue weighted by atomic mass is 9.82. The van der Waals surface area contributed by atoms with Gasteiger partial charge in [0, 0.05) is 5.39 Å². The van der Waals surface area contributed by atoms with Gasteiger partial charge in [-0.1, -0.05) is 24.3 Å². The Bertz CT molecular complexity index is 1040. The maximum Gasteiger partial charge on any atom is 0.344 e. The highest BCUT2D eigenvalue weighted by molar-refractivity contribution is 7.80. The van der Waals surface area contributed by atoms with Gasteiger partial charge in [0.15, 0.2) is 5.11 Å². The Morgan fingerprint density at radius 1 is 1.12 bits per heavy atom. The minimum absolute atomic E-state index is 0.394. The first-order chi connectivity index (χ1) is 12.0. The Labute approximate surface area is 149 Å². The molecule has 1 unspecified atom stereocenters. The monoisotopic (exact) mass is 352 g/mol. The van der Waals surface area contributed by atoms with Gasteiger partial charge < -0.3 is 19.8 Å². The average molecular weight is 352 g/mol. The van der Waals surface area contributed by atoms with E-state index in [0.717, 1.165) is 16.7 Å². The highest BCUT2D eigenvalue weighted by atomic mass is 32.1. The van der Waals surface area contributed by atoms with Gasteiger partial charge in [0.25, 0.3) is 0 Å². The van der Waals surface area contributed by atoms with Crippen molar-refractivity contribution in [2.24, 2.45) is 0 Å².